The maximum atomic E-state index is 12.2. The molecule has 0 aliphatic heterocycles. The molecular formula is C35H42O5. The van der Waals surface area contributed by atoms with Gasteiger partial charge in [-0.1, -0.05) is 81.0 Å². The van der Waals surface area contributed by atoms with E-state index >= 15 is 0 Å². The van der Waals surface area contributed by atoms with Crippen LogP contribution in [0.15, 0.2) is 60.7 Å². The third kappa shape index (κ3) is 7.61. The quantitative estimate of drug-likeness (QED) is 0.157. The SMILES string of the molecule is CCCc1ccc2c(c1)C=Cc1ccc(CC)cc1C2OCCOc1ccc(CC(OCC)C(=O)OCC)cc1. The fourth-order valence-corrected chi connectivity index (χ4v) is 5.11. The summed E-state index contributed by atoms with van der Waals surface area (Å²) in [6.45, 7) is 9.74. The van der Waals surface area contributed by atoms with Gasteiger partial charge in [-0.15, -0.1) is 0 Å². The zero-order valence-corrected chi connectivity index (χ0v) is 24.3. The highest BCUT2D eigenvalue weighted by molar-refractivity contribution is 5.77. The lowest BCUT2D eigenvalue weighted by atomic mass is 9.93. The van der Waals surface area contributed by atoms with Gasteiger partial charge in [0.1, 0.15) is 18.5 Å². The minimum atomic E-state index is -0.601. The Morgan fingerprint density at radius 3 is 2.25 bits per heavy atom. The van der Waals surface area contributed by atoms with Crippen LogP contribution in [0.25, 0.3) is 12.2 Å². The van der Waals surface area contributed by atoms with E-state index in [1.165, 1.54) is 33.4 Å². The summed E-state index contributed by atoms with van der Waals surface area (Å²) in [4.78, 5) is 12.2. The molecule has 0 aromatic heterocycles. The van der Waals surface area contributed by atoms with Crippen molar-refractivity contribution < 1.29 is 23.7 Å². The van der Waals surface area contributed by atoms with Crippen molar-refractivity contribution in [1.82, 2.24) is 0 Å². The van der Waals surface area contributed by atoms with Gasteiger partial charge in [0.15, 0.2) is 6.10 Å². The van der Waals surface area contributed by atoms with E-state index in [-0.39, 0.29) is 12.1 Å². The van der Waals surface area contributed by atoms with Gasteiger partial charge < -0.3 is 18.9 Å². The average Bonchev–Trinajstić information content (AvgIpc) is 3.12. The standard InChI is InChI=1S/C35H42O5/c1-5-9-26-13-19-31-29(22-26)16-15-28-14-10-25(6-2)23-32(28)34(31)40-21-20-39-30-17-11-27(12-18-30)24-33(37-7-3)35(36)38-8-4/h10-19,22-23,33-34H,5-9,20-21,24H2,1-4H3. The van der Waals surface area contributed by atoms with Crippen LogP contribution in [0.3, 0.4) is 0 Å². The second-order valence-electron chi connectivity index (χ2n) is 10.0. The van der Waals surface area contributed by atoms with E-state index in [0.717, 1.165) is 30.6 Å². The molecule has 4 rings (SSSR count). The zero-order valence-electron chi connectivity index (χ0n) is 24.3. The number of fused-ring (bicyclic) bond motifs is 2. The Labute approximate surface area is 239 Å². The lowest BCUT2D eigenvalue weighted by molar-refractivity contribution is -0.156. The number of carbonyl (C=O) groups excluding carboxylic acids is 1. The molecule has 5 nitrogen and oxygen atoms in total. The third-order valence-electron chi connectivity index (χ3n) is 7.16. The lowest BCUT2D eigenvalue weighted by Gasteiger charge is -2.22. The van der Waals surface area contributed by atoms with E-state index in [1.54, 1.807) is 6.92 Å². The molecule has 0 bridgehead atoms. The molecule has 40 heavy (non-hydrogen) atoms. The summed E-state index contributed by atoms with van der Waals surface area (Å²) in [6, 6.07) is 21.2. The molecule has 0 saturated carbocycles. The number of rotatable bonds is 14. The molecule has 1 aliphatic carbocycles. The molecule has 0 radical (unpaired) electrons. The number of esters is 1. The van der Waals surface area contributed by atoms with E-state index in [2.05, 4.69) is 62.4 Å². The van der Waals surface area contributed by atoms with Crippen LogP contribution in [0, 0.1) is 0 Å². The van der Waals surface area contributed by atoms with E-state index in [4.69, 9.17) is 18.9 Å². The van der Waals surface area contributed by atoms with Crippen LogP contribution < -0.4 is 4.74 Å². The summed E-state index contributed by atoms with van der Waals surface area (Å²) in [7, 11) is 0. The summed E-state index contributed by atoms with van der Waals surface area (Å²) in [5, 5.41) is 0. The second kappa shape index (κ2) is 14.8. The number of hydrogen-bond acceptors (Lipinski definition) is 5. The first kappa shape index (κ1) is 29.6. The van der Waals surface area contributed by atoms with Crippen LogP contribution in [0.4, 0.5) is 0 Å². The molecule has 0 N–H and O–H groups in total. The van der Waals surface area contributed by atoms with Gasteiger partial charge >= 0.3 is 5.97 Å². The van der Waals surface area contributed by atoms with Gasteiger partial charge in [0.25, 0.3) is 0 Å². The Hall–Kier alpha value is -3.41. The van der Waals surface area contributed by atoms with Crippen molar-refractivity contribution in [2.45, 2.75) is 65.6 Å². The maximum absolute atomic E-state index is 12.2. The molecule has 2 atom stereocenters. The highest BCUT2D eigenvalue weighted by Gasteiger charge is 2.23. The van der Waals surface area contributed by atoms with Crippen molar-refractivity contribution in [1.29, 1.82) is 0 Å². The van der Waals surface area contributed by atoms with Crippen LogP contribution in [-0.4, -0.2) is 38.5 Å². The van der Waals surface area contributed by atoms with Gasteiger partial charge in [0, 0.05) is 13.0 Å². The smallest absolute Gasteiger partial charge is 0.335 e. The summed E-state index contributed by atoms with van der Waals surface area (Å²) < 4.78 is 23.3. The molecule has 3 aromatic rings. The molecule has 1 aliphatic rings. The van der Waals surface area contributed by atoms with Crippen LogP contribution in [0.5, 0.6) is 5.75 Å². The lowest BCUT2D eigenvalue weighted by Crippen LogP contribution is -2.28. The first-order valence-corrected chi connectivity index (χ1v) is 14.6. The molecule has 3 aromatic carbocycles. The van der Waals surface area contributed by atoms with Crippen molar-refractivity contribution >= 4 is 18.1 Å². The predicted molar refractivity (Wildman–Crippen MR) is 161 cm³/mol. The average molecular weight is 543 g/mol. The van der Waals surface area contributed by atoms with Crippen LogP contribution >= 0.6 is 0 Å². The molecule has 5 heteroatoms. The first-order chi connectivity index (χ1) is 19.6. The minimum Gasteiger partial charge on any atom is -0.491 e. The van der Waals surface area contributed by atoms with E-state index in [0.29, 0.717) is 32.8 Å². The van der Waals surface area contributed by atoms with Crippen LogP contribution in [0.2, 0.25) is 0 Å². The van der Waals surface area contributed by atoms with Crippen molar-refractivity contribution in [3.05, 3.63) is 99.6 Å². The minimum absolute atomic E-state index is 0.161. The molecule has 0 saturated heterocycles. The largest absolute Gasteiger partial charge is 0.491 e. The Kier molecular flexibility index (Phi) is 11.0. The van der Waals surface area contributed by atoms with Gasteiger partial charge in [0.2, 0.25) is 0 Å². The Bertz CT molecular complexity index is 1280. The zero-order chi connectivity index (χ0) is 28.3. The summed E-state index contributed by atoms with van der Waals surface area (Å²) in [6.07, 6.45) is 7.31. The fraction of sp³-hybridized carbons (Fsp3) is 0.400. The maximum Gasteiger partial charge on any atom is 0.335 e. The van der Waals surface area contributed by atoms with Crippen molar-refractivity contribution in [3.63, 3.8) is 0 Å². The first-order valence-electron chi connectivity index (χ1n) is 14.6. The molecular weight excluding hydrogens is 500 g/mol. The van der Waals surface area contributed by atoms with Gasteiger partial charge in [-0.2, -0.15) is 0 Å². The summed E-state index contributed by atoms with van der Waals surface area (Å²) >= 11 is 0. The number of benzene rings is 3. The van der Waals surface area contributed by atoms with Crippen LogP contribution in [0.1, 0.15) is 79.2 Å². The number of hydrogen-bond donors (Lipinski definition) is 0. The van der Waals surface area contributed by atoms with E-state index in [1.807, 2.05) is 31.2 Å². The Morgan fingerprint density at radius 2 is 1.52 bits per heavy atom. The third-order valence-corrected chi connectivity index (χ3v) is 7.16. The molecule has 212 valence electrons. The van der Waals surface area contributed by atoms with Crippen LogP contribution in [-0.2, 0) is 38.3 Å². The van der Waals surface area contributed by atoms with E-state index < -0.39 is 6.10 Å². The van der Waals surface area contributed by atoms with E-state index in [9.17, 15) is 4.79 Å². The Balaban J connectivity index is 1.42. The highest BCUT2D eigenvalue weighted by atomic mass is 16.6. The molecule has 2 unspecified atom stereocenters. The number of aryl methyl sites for hydroxylation is 2. The van der Waals surface area contributed by atoms with Crippen molar-refractivity contribution in [2.75, 3.05) is 26.4 Å². The normalized spacial score (nSPS) is 14.7. The Morgan fingerprint density at radius 1 is 0.775 bits per heavy atom. The summed E-state index contributed by atoms with van der Waals surface area (Å²) in [5.74, 6) is 0.434. The molecule has 0 spiro atoms. The predicted octanol–water partition coefficient (Wildman–Crippen LogP) is 7.38. The topological polar surface area (TPSA) is 54.0 Å². The van der Waals surface area contributed by atoms with Gasteiger partial charge in [-0.05, 0) is 77.8 Å². The summed E-state index contributed by atoms with van der Waals surface area (Å²) in [5.41, 5.74) is 8.45. The number of carbonyl (C=O) groups is 1. The van der Waals surface area contributed by atoms with Crippen molar-refractivity contribution in [3.8, 4) is 5.75 Å². The van der Waals surface area contributed by atoms with Gasteiger partial charge in [-0.25, -0.2) is 4.79 Å². The fourth-order valence-electron chi connectivity index (χ4n) is 5.11. The number of ether oxygens (including phenoxy) is 4. The van der Waals surface area contributed by atoms with Gasteiger partial charge in [-0.3, -0.25) is 0 Å². The molecule has 0 amide bonds. The highest BCUT2D eigenvalue weighted by Crippen LogP contribution is 2.36. The second-order valence-corrected chi connectivity index (χ2v) is 10.0. The van der Waals surface area contributed by atoms with Gasteiger partial charge in [0.05, 0.1) is 13.2 Å². The molecule has 0 heterocycles. The monoisotopic (exact) mass is 542 g/mol. The molecule has 0 fully saturated rings. The van der Waals surface area contributed by atoms with Crippen molar-refractivity contribution in [2.24, 2.45) is 0 Å².